The van der Waals surface area contributed by atoms with Crippen LogP contribution in [0.2, 0.25) is 0 Å². The van der Waals surface area contributed by atoms with Gasteiger partial charge in [-0.15, -0.1) is 0 Å². The molecule has 0 aliphatic carbocycles. The summed E-state index contributed by atoms with van der Waals surface area (Å²) >= 11 is 2.22. The zero-order valence-corrected chi connectivity index (χ0v) is 14.1. The van der Waals surface area contributed by atoms with Crippen molar-refractivity contribution in [2.75, 3.05) is 26.7 Å². The van der Waals surface area contributed by atoms with E-state index in [2.05, 4.69) is 44.3 Å². The molecule has 1 aliphatic heterocycles. The van der Waals surface area contributed by atoms with E-state index in [1.165, 1.54) is 0 Å². The molecule has 19 heavy (non-hydrogen) atoms. The number of aldehydes is 1. The van der Waals surface area contributed by atoms with Crippen LogP contribution in [0.4, 0.5) is 0 Å². The van der Waals surface area contributed by atoms with Crippen LogP contribution >= 0.6 is 28.4 Å². The Balaban J connectivity index is 3.06. The Bertz CT molecular complexity index is 420. The maximum atomic E-state index is 11.0. The smallest absolute Gasteiger partial charge is 0.162 e. The summed E-state index contributed by atoms with van der Waals surface area (Å²) in [6.07, 6.45) is 2.72. The molecule has 1 heterocycles. The van der Waals surface area contributed by atoms with Crippen LogP contribution in [0.15, 0.2) is 16.4 Å². The quantitative estimate of drug-likeness (QED) is 0.144. The summed E-state index contributed by atoms with van der Waals surface area (Å²) in [6.45, 7) is 4.49. The lowest BCUT2D eigenvalue weighted by Gasteiger charge is -2.36. The van der Waals surface area contributed by atoms with Crippen molar-refractivity contribution < 1.29 is 4.79 Å². The van der Waals surface area contributed by atoms with E-state index in [-0.39, 0.29) is 11.6 Å². The Morgan fingerprint density at radius 2 is 2.47 bits per heavy atom. The lowest BCUT2D eigenvalue weighted by molar-refractivity contribution is -0.104. The first kappa shape index (κ1) is 16.3. The molecule has 0 spiro atoms. The molecule has 2 unspecified atom stereocenters. The number of halogens is 1. The zero-order valence-electron chi connectivity index (χ0n) is 10.9. The third kappa shape index (κ3) is 4.71. The molecule has 0 aromatic heterocycles. The normalized spacial score (nSPS) is 21.6. The van der Waals surface area contributed by atoms with Gasteiger partial charge in [0.2, 0.25) is 0 Å². The number of carbonyl (C=O) groups excluding carboxylic acids is 1. The minimum Gasteiger partial charge on any atom is -0.364 e. The summed E-state index contributed by atoms with van der Waals surface area (Å²) in [6, 6.07) is 2.18. The number of carbonyl (C=O) groups is 1. The highest BCUT2D eigenvalue weighted by atomic mass is 127. The summed E-state index contributed by atoms with van der Waals surface area (Å²) in [5.74, 6) is 0. The van der Waals surface area contributed by atoms with Crippen molar-refractivity contribution in [3.05, 3.63) is 11.3 Å². The largest absolute Gasteiger partial charge is 0.364 e. The van der Waals surface area contributed by atoms with Crippen LogP contribution in [0.1, 0.15) is 6.92 Å². The van der Waals surface area contributed by atoms with Gasteiger partial charge in [0.15, 0.2) is 6.29 Å². The monoisotopic (exact) mass is 393 g/mol. The van der Waals surface area contributed by atoms with Crippen molar-refractivity contribution in [1.82, 2.24) is 15.0 Å². The molecule has 0 bridgehead atoms. The van der Waals surface area contributed by atoms with Crippen LogP contribution < -0.4 is 5.32 Å². The number of nitrogens with zero attached hydrogens (tertiary/aromatic N) is 4. The van der Waals surface area contributed by atoms with E-state index < -0.39 is 0 Å². The van der Waals surface area contributed by atoms with Gasteiger partial charge in [0.25, 0.3) is 0 Å². The number of hydrogen-bond acceptors (Lipinski definition) is 6. The molecular weight excluding hydrogens is 376 g/mol. The minimum absolute atomic E-state index is 0.127. The number of hydrazone groups is 1. The van der Waals surface area contributed by atoms with Crippen molar-refractivity contribution in [1.29, 1.82) is 5.26 Å². The summed E-state index contributed by atoms with van der Waals surface area (Å²) < 4.78 is 1.77. The Kier molecular flexibility index (Phi) is 7.28. The number of hydrogen-bond donors (Lipinski definition) is 1. The van der Waals surface area contributed by atoms with E-state index in [0.717, 1.165) is 19.6 Å². The minimum atomic E-state index is 0.127. The van der Waals surface area contributed by atoms with Gasteiger partial charge in [-0.3, -0.25) is 9.57 Å². The van der Waals surface area contributed by atoms with Crippen molar-refractivity contribution in [2.45, 2.75) is 13.0 Å². The number of allylic oxidation sites excluding steroid dienone is 2. The highest BCUT2D eigenvalue weighted by Crippen LogP contribution is 2.25. The molecule has 1 fully saturated rings. The molecule has 0 radical (unpaired) electrons. The molecule has 0 aromatic rings. The van der Waals surface area contributed by atoms with E-state index in [4.69, 9.17) is 5.26 Å². The molecule has 1 aliphatic rings. The highest BCUT2D eigenvalue weighted by Gasteiger charge is 2.22. The first-order valence-corrected chi connectivity index (χ1v) is 9.91. The molecule has 1 N–H and O–H groups in total. The Hall–Kier alpha value is -0.710. The predicted molar refractivity (Wildman–Crippen MR) is 86.3 cm³/mol. The zero-order chi connectivity index (χ0) is 14.3. The van der Waals surface area contributed by atoms with Crippen molar-refractivity contribution in [3.63, 3.8) is 0 Å². The first-order valence-electron chi connectivity index (χ1n) is 5.85. The summed E-state index contributed by atoms with van der Waals surface area (Å²) in [5, 5.41) is 16.6. The van der Waals surface area contributed by atoms with Gasteiger partial charge in [-0.1, -0.05) is 0 Å². The fourth-order valence-corrected chi connectivity index (χ4v) is 2.28. The number of rotatable bonds is 5. The number of nitrogens with one attached hydrogen (secondary N) is 1. The van der Waals surface area contributed by atoms with Gasteiger partial charge in [-0.2, -0.15) is 10.4 Å². The van der Waals surface area contributed by atoms with Gasteiger partial charge in [-0.05, 0) is 29.0 Å². The molecule has 6 nitrogen and oxygen atoms in total. The first-order chi connectivity index (χ1) is 9.13. The van der Waals surface area contributed by atoms with Gasteiger partial charge in [0.05, 0.1) is 18.3 Å². The van der Waals surface area contributed by atoms with Gasteiger partial charge in [0, 0.05) is 32.7 Å². The van der Waals surface area contributed by atoms with Crippen LogP contribution in [0.3, 0.4) is 0 Å². The van der Waals surface area contributed by atoms with Crippen molar-refractivity contribution >= 4 is 40.9 Å². The molecule has 0 amide bonds. The molecule has 1 rings (SSSR count). The molecule has 2 atom stereocenters. The van der Waals surface area contributed by atoms with E-state index in [9.17, 15) is 4.79 Å². The molecule has 104 valence electrons. The Labute approximate surface area is 128 Å². The van der Waals surface area contributed by atoms with E-state index in [0.29, 0.717) is 18.4 Å². The molecule has 0 aromatic carbocycles. The second-order valence-electron chi connectivity index (χ2n) is 4.13. The second kappa shape index (κ2) is 8.46. The fraction of sp³-hybridized carbons (Fsp3) is 0.545. The average molecular weight is 393 g/mol. The van der Waals surface area contributed by atoms with Crippen molar-refractivity contribution in [3.8, 4) is 6.07 Å². The molecular formula is C11H17IN5OP. The van der Waals surface area contributed by atoms with E-state index >= 15 is 0 Å². The van der Waals surface area contributed by atoms with Gasteiger partial charge < -0.3 is 10.2 Å². The lowest BCUT2D eigenvalue weighted by Crippen LogP contribution is -2.49. The van der Waals surface area contributed by atoms with Crippen LogP contribution in [-0.2, 0) is 4.79 Å². The lowest BCUT2D eigenvalue weighted by atomic mass is 10.1. The Morgan fingerprint density at radius 3 is 3.00 bits per heavy atom. The SMILES string of the molecule is CC1CNCCN1C(/C=N\N(C)PI)=C(\C#N)C=O. The summed E-state index contributed by atoms with van der Waals surface area (Å²) in [5.41, 5.74) is 0.732. The standard InChI is InChI=1S/C11H17IN5OP/c1-9-6-14-3-4-17(9)11(10(5-13)8-18)7-15-16(2)19-12/h7-9,14,19H,3-4,6H2,1-2H3/b11-10+,15-7-. The summed E-state index contributed by atoms with van der Waals surface area (Å²) in [7, 11) is 1.85. The van der Waals surface area contributed by atoms with E-state index in [1.54, 1.807) is 11.0 Å². The molecule has 8 heteroatoms. The second-order valence-corrected chi connectivity index (χ2v) is 6.39. The highest BCUT2D eigenvalue weighted by molar-refractivity contribution is 14.2. The van der Waals surface area contributed by atoms with Crippen LogP contribution in [-0.4, -0.2) is 54.9 Å². The number of nitriles is 1. The van der Waals surface area contributed by atoms with Gasteiger partial charge in [-0.25, -0.2) is 0 Å². The van der Waals surface area contributed by atoms with Gasteiger partial charge in [0.1, 0.15) is 11.6 Å². The molecule has 0 saturated carbocycles. The maximum Gasteiger partial charge on any atom is 0.162 e. The Morgan fingerprint density at radius 1 is 1.74 bits per heavy atom. The molecule has 1 saturated heterocycles. The third-order valence-electron chi connectivity index (χ3n) is 2.80. The average Bonchev–Trinajstić information content (AvgIpc) is 2.44. The number of piperazine rings is 1. The van der Waals surface area contributed by atoms with Crippen LogP contribution in [0, 0.1) is 11.3 Å². The third-order valence-corrected chi connectivity index (χ3v) is 5.26. The topological polar surface area (TPSA) is 71.7 Å². The maximum absolute atomic E-state index is 11.0. The predicted octanol–water partition coefficient (Wildman–Crippen LogP) is 1.12. The fourth-order valence-electron chi connectivity index (χ4n) is 1.80. The van der Waals surface area contributed by atoms with Crippen LogP contribution in [0.25, 0.3) is 0 Å². The van der Waals surface area contributed by atoms with Crippen LogP contribution in [0.5, 0.6) is 0 Å². The van der Waals surface area contributed by atoms with Crippen molar-refractivity contribution in [2.24, 2.45) is 5.10 Å². The van der Waals surface area contributed by atoms with Gasteiger partial charge >= 0.3 is 0 Å². The summed E-state index contributed by atoms with van der Waals surface area (Å²) in [4.78, 5) is 13.1. The van der Waals surface area contributed by atoms with E-state index in [1.807, 2.05) is 13.1 Å².